The monoisotopic (exact) mass is 254 g/mol. The van der Waals surface area contributed by atoms with Gasteiger partial charge in [0.15, 0.2) is 5.69 Å². The summed E-state index contributed by atoms with van der Waals surface area (Å²) >= 11 is 5.43. The van der Waals surface area contributed by atoms with Gasteiger partial charge in [0.1, 0.15) is 0 Å². The van der Waals surface area contributed by atoms with Gasteiger partial charge in [-0.05, 0) is 6.92 Å². The number of rotatable bonds is 2. The van der Waals surface area contributed by atoms with Crippen molar-refractivity contribution in [1.82, 2.24) is 9.78 Å². The molecule has 0 aliphatic rings. The molecule has 0 spiro atoms. The van der Waals surface area contributed by atoms with Gasteiger partial charge in [-0.2, -0.15) is 18.3 Å². The summed E-state index contributed by atoms with van der Waals surface area (Å²) in [5.41, 5.74) is -1.21. The number of aliphatic carboxylic acids is 1. The van der Waals surface area contributed by atoms with E-state index in [0.29, 0.717) is 6.08 Å². The summed E-state index contributed by atoms with van der Waals surface area (Å²) in [6, 6.07) is 0. The van der Waals surface area contributed by atoms with Crippen molar-refractivity contribution in [2.75, 3.05) is 0 Å². The predicted molar refractivity (Wildman–Crippen MR) is 49.9 cm³/mol. The fraction of sp³-hybridized carbons (Fsp3) is 0.250. The van der Waals surface area contributed by atoms with Crippen LogP contribution < -0.4 is 0 Å². The van der Waals surface area contributed by atoms with Gasteiger partial charge in [0.05, 0.1) is 10.7 Å². The Labute approximate surface area is 92.9 Å². The molecule has 1 aromatic heterocycles. The average molecular weight is 255 g/mol. The van der Waals surface area contributed by atoms with E-state index in [2.05, 4.69) is 5.10 Å². The van der Waals surface area contributed by atoms with Crippen molar-refractivity contribution >= 4 is 23.8 Å². The predicted octanol–water partition coefficient (Wildman–Crippen LogP) is 2.42. The Kier molecular flexibility index (Phi) is 3.27. The fourth-order valence-corrected chi connectivity index (χ4v) is 1.19. The van der Waals surface area contributed by atoms with Crippen molar-refractivity contribution in [3.63, 3.8) is 0 Å². The van der Waals surface area contributed by atoms with E-state index in [9.17, 15) is 18.0 Å². The molecule has 0 radical (unpaired) electrons. The van der Waals surface area contributed by atoms with Crippen LogP contribution in [0, 0.1) is 6.92 Å². The zero-order valence-corrected chi connectivity index (χ0v) is 8.67. The minimum atomic E-state index is -4.66. The first-order valence-corrected chi connectivity index (χ1v) is 4.34. The molecule has 1 aromatic rings. The molecular weight excluding hydrogens is 249 g/mol. The van der Waals surface area contributed by atoms with E-state index in [-0.39, 0.29) is 5.69 Å². The summed E-state index contributed by atoms with van der Waals surface area (Å²) in [5, 5.41) is 10.9. The van der Waals surface area contributed by atoms with Crippen LogP contribution in [0.3, 0.4) is 0 Å². The highest BCUT2D eigenvalue weighted by Gasteiger charge is 2.37. The van der Waals surface area contributed by atoms with Crippen LogP contribution in [-0.2, 0) is 11.0 Å². The van der Waals surface area contributed by atoms with Crippen LogP contribution >= 0.6 is 11.6 Å². The minimum absolute atomic E-state index is 0.0199. The largest absolute Gasteiger partial charge is 0.478 e. The molecule has 0 unspecified atom stereocenters. The number of halogens is 4. The van der Waals surface area contributed by atoms with Crippen molar-refractivity contribution in [3.05, 3.63) is 22.5 Å². The number of carboxylic acid groups (broad SMARTS) is 1. The topological polar surface area (TPSA) is 55.1 Å². The fourth-order valence-electron chi connectivity index (χ4n) is 0.959. The number of aromatic nitrogens is 2. The van der Waals surface area contributed by atoms with E-state index in [4.69, 9.17) is 16.7 Å². The first-order chi connectivity index (χ1) is 7.23. The molecule has 0 saturated heterocycles. The second kappa shape index (κ2) is 4.17. The summed E-state index contributed by atoms with van der Waals surface area (Å²) < 4.78 is 37.8. The summed E-state index contributed by atoms with van der Waals surface area (Å²) in [5.74, 6) is -1.29. The van der Waals surface area contributed by atoms with E-state index in [0.717, 1.165) is 10.9 Å². The van der Waals surface area contributed by atoms with Crippen molar-refractivity contribution in [2.24, 2.45) is 0 Å². The van der Waals surface area contributed by atoms with Crippen molar-refractivity contribution in [3.8, 4) is 0 Å². The minimum Gasteiger partial charge on any atom is -0.478 e. The second-order valence-electron chi connectivity index (χ2n) is 2.84. The smallest absolute Gasteiger partial charge is 0.436 e. The van der Waals surface area contributed by atoms with Crippen LogP contribution in [0.5, 0.6) is 0 Å². The maximum atomic E-state index is 12.3. The number of carbonyl (C=O) groups is 1. The van der Waals surface area contributed by atoms with E-state index < -0.39 is 22.9 Å². The molecule has 1 rings (SSSR count). The Morgan fingerprint density at radius 3 is 2.50 bits per heavy atom. The lowest BCUT2D eigenvalue weighted by Crippen LogP contribution is -2.07. The van der Waals surface area contributed by atoms with Crippen LogP contribution in [-0.4, -0.2) is 20.9 Å². The molecule has 0 aromatic carbocycles. The summed E-state index contributed by atoms with van der Waals surface area (Å²) in [6.45, 7) is 1.30. The molecule has 0 fully saturated rings. The van der Waals surface area contributed by atoms with Crippen molar-refractivity contribution < 1.29 is 23.1 Å². The van der Waals surface area contributed by atoms with E-state index in [1.807, 2.05) is 0 Å². The number of carboxylic acids is 1. The van der Waals surface area contributed by atoms with Gasteiger partial charge in [0, 0.05) is 12.3 Å². The number of alkyl halides is 3. The maximum absolute atomic E-state index is 12.3. The molecule has 8 heteroatoms. The van der Waals surface area contributed by atoms with Gasteiger partial charge in [-0.1, -0.05) is 11.6 Å². The lowest BCUT2D eigenvalue weighted by Gasteiger charge is -2.00. The van der Waals surface area contributed by atoms with E-state index in [1.165, 1.54) is 6.92 Å². The molecule has 1 heterocycles. The number of hydrogen-bond acceptors (Lipinski definition) is 2. The van der Waals surface area contributed by atoms with Gasteiger partial charge in [-0.25, -0.2) is 9.48 Å². The molecule has 0 bridgehead atoms. The highest BCUT2D eigenvalue weighted by molar-refractivity contribution is 6.32. The number of hydrogen-bond donors (Lipinski definition) is 1. The molecule has 0 aliphatic heterocycles. The highest BCUT2D eigenvalue weighted by atomic mass is 35.5. The van der Waals surface area contributed by atoms with Crippen molar-refractivity contribution in [2.45, 2.75) is 13.1 Å². The van der Waals surface area contributed by atoms with Crippen molar-refractivity contribution in [1.29, 1.82) is 0 Å². The Bertz CT molecular complexity index is 451. The Morgan fingerprint density at radius 2 is 2.12 bits per heavy atom. The lowest BCUT2D eigenvalue weighted by atomic mass is 10.3. The average Bonchev–Trinajstić information content (AvgIpc) is 2.40. The molecule has 4 nitrogen and oxygen atoms in total. The van der Waals surface area contributed by atoms with Gasteiger partial charge in [0.2, 0.25) is 0 Å². The molecule has 1 N–H and O–H groups in total. The SMILES string of the molecule is Cc1c(Cl)c(C(F)(F)F)nn1/C=C/C(=O)O. The van der Waals surface area contributed by atoms with E-state index in [1.54, 1.807) is 0 Å². The maximum Gasteiger partial charge on any atom is 0.436 e. The molecule has 88 valence electrons. The quantitative estimate of drug-likeness (QED) is 0.825. The summed E-state index contributed by atoms with van der Waals surface area (Å²) in [6.07, 6.45) is -3.11. The zero-order chi connectivity index (χ0) is 12.5. The Hall–Kier alpha value is -1.50. The van der Waals surface area contributed by atoms with Gasteiger partial charge in [-0.3, -0.25) is 0 Å². The first kappa shape index (κ1) is 12.6. The molecule has 16 heavy (non-hydrogen) atoms. The third-order valence-corrected chi connectivity index (χ3v) is 2.16. The second-order valence-corrected chi connectivity index (χ2v) is 3.22. The third kappa shape index (κ3) is 2.54. The molecule has 0 saturated carbocycles. The molecule has 0 amide bonds. The van der Waals surface area contributed by atoms with Crippen LogP contribution in [0.25, 0.3) is 6.20 Å². The summed E-state index contributed by atoms with van der Waals surface area (Å²) in [7, 11) is 0. The zero-order valence-electron chi connectivity index (χ0n) is 7.92. The van der Waals surface area contributed by atoms with Crippen LogP contribution in [0.2, 0.25) is 5.02 Å². The number of nitrogens with zero attached hydrogens (tertiary/aromatic N) is 2. The van der Waals surface area contributed by atoms with Gasteiger partial charge < -0.3 is 5.11 Å². The molecule has 0 aliphatic carbocycles. The summed E-state index contributed by atoms with van der Waals surface area (Å²) in [4.78, 5) is 10.2. The molecular formula is C8H6ClF3N2O2. The van der Waals surface area contributed by atoms with Gasteiger partial charge in [0.25, 0.3) is 0 Å². The van der Waals surface area contributed by atoms with Gasteiger partial charge in [-0.15, -0.1) is 0 Å². The lowest BCUT2D eigenvalue weighted by molar-refractivity contribution is -0.141. The Balaban J connectivity index is 3.20. The highest BCUT2D eigenvalue weighted by Crippen LogP contribution is 2.35. The molecule has 0 atom stereocenters. The van der Waals surface area contributed by atoms with Crippen LogP contribution in [0.15, 0.2) is 6.08 Å². The Morgan fingerprint density at radius 1 is 1.56 bits per heavy atom. The van der Waals surface area contributed by atoms with Crippen LogP contribution in [0.1, 0.15) is 11.4 Å². The van der Waals surface area contributed by atoms with Gasteiger partial charge >= 0.3 is 12.1 Å². The normalized spacial score (nSPS) is 12.3. The first-order valence-electron chi connectivity index (χ1n) is 3.96. The third-order valence-electron chi connectivity index (χ3n) is 1.70. The van der Waals surface area contributed by atoms with E-state index >= 15 is 0 Å². The standard InChI is InChI=1S/C8H6ClF3N2O2/c1-4-6(9)7(8(10,11)12)13-14(4)3-2-5(15)16/h2-3H,1H3,(H,15,16)/b3-2+. The van der Waals surface area contributed by atoms with Crippen LogP contribution in [0.4, 0.5) is 13.2 Å².